The van der Waals surface area contributed by atoms with Crippen molar-refractivity contribution in [2.75, 3.05) is 24.1 Å². The van der Waals surface area contributed by atoms with E-state index in [0.717, 1.165) is 42.8 Å². The average molecular weight is 603 g/mol. The van der Waals surface area contributed by atoms with Gasteiger partial charge in [0, 0.05) is 50.0 Å². The molecule has 15 heteroatoms. The fourth-order valence-electron chi connectivity index (χ4n) is 5.44. The monoisotopic (exact) mass is 602 g/mol. The van der Waals surface area contributed by atoms with Crippen LogP contribution in [-0.2, 0) is 13.3 Å². The number of alkyl halides is 1. The number of benzene rings is 1. The van der Waals surface area contributed by atoms with Crippen LogP contribution in [0.25, 0.3) is 39.8 Å². The number of fused-ring (bicyclic) bond motifs is 1. The van der Waals surface area contributed by atoms with Gasteiger partial charge in [-0.2, -0.15) is 5.26 Å². The Morgan fingerprint density at radius 3 is 2.51 bits per heavy atom. The maximum atomic E-state index is 13.1. The van der Waals surface area contributed by atoms with Gasteiger partial charge in [-0.05, 0) is 48.7 Å². The molecule has 5 aromatic heterocycles. The van der Waals surface area contributed by atoms with Gasteiger partial charge in [0.15, 0.2) is 24.1 Å². The molecule has 6 aromatic rings. The number of hydrogen-bond acceptors (Lipinski definition) is 12. The first-order chi connectivity index (χ1) is 22.1. The minimum absolute atomic E-state index is 0.163. The molecule has 0 atom stereocenters. The molecule has 6 heterocycles. The Balaban J connectivity index is 1.13. The number of nitrogens with one attached hydrogen (secondary N) is 1. The fourth-order valence-corrected chi connectivity index (χ4v) is 5.44. The van der Waals surface area contributed by atoms with E-state index in [4.69, 9.17) is 21.0 Å². The van der Waals surface area contributed by atoms with E-state index in [0.29, 0.717) is 39.9 Å². The summed E-state index contributed by atoms with van der Waals surface area (Å²) < 4.78 is 16.1. The fraction of sp³-hybridized carbons (Fsp3) is 0.233. The highest BCUT2D eigenvalue weighted by molar-refractivity contribution is 5.83. The first-order valence-electron chi connectivity index (χ1n) is 14.3. The molecule has 45 heavy (non-hydrogen) atoms. The summed E-state index contributed by atoms with van der Waals surface area (Å²) in [6, 6.07) is 15.9. The minimum atomic E-state index is -0.780. The summed E-state index contributed by atoms with van der Waals surface area (Å²) >= 11 is 0. The number of nitriles is 1. The number of anilines is 2. The molecule has 1 aliphatic rings. The molecule has 1 aliphatic heterocycles. The van der Waals surface area contributed by atoms with Gasteiger partial charge in [0.2, 0.25) is 5.82 Å². The maximum Gasteiger partial charge on any atom is 0.234 e. The predicted octanol–water partition coefficient (Wildman–Crippen LogP) is 3.38. The maximum absolute atomic E-state index is 13.1. The average Bonchev–Trinajstić information content (AvgIpc) is 3.71. The molecule has 1 saturated heterocycles. The van der Waals surface area contributed by atoms with E-state index < -0.39 is 6.80 Å². The predicted molar refractivity (Wildman–Crippen MR) is 163 cm³/mol. The van der Waals surface area contributed by atoms with Crippen LogP contribution in [0.2, 0.25) is 0 Å². The summed E-state index contributed by atoms with van der Waals surface area (Å²) in [5.74, 6) is 1.59. The largest absolute Gasteiger partial charge is 0.382 e. The second-order valence-corrected chi connectivity index (χ2v) is 10.6. The Hall–Kier alpha value is -5.88. The van der Waals surface area contributed by atoms with Crippen molar-refractivity contribution >= 4 is 22.8 Å². The molecule has 7 rings (SSSR count). The Bertz CT molecular complexity index is 2000. The van der Waals surface area contributed by atoms with Crippen LogP contribution in [0.1, 0.15) is 24.2 Å². The third-order valence-corrected chi connectivity index (χ3v) is 7.66. The highest BCUT2D eigenvalue weighted by Crippen LogP contribution is 2.30. The van der Waals surface area contributed by atoms with Gasteiger partial charge < -0.3 is 11.1 Å². The number of rotatable bonds is 8. The van der Waals surface area contributed by atoms with Gasteiger partial charge in [0.25, 0.3) is 0 Å². The zero-order chi connectivity index (χ0) is 30.8. The number of nitrogen functional groups attached to an aromatic ring is 1. The molecule has 1 aromatic carbocycles. The molecule has 3 N–H and O–H groups in total. The minimum Gasteiger partial charge on any atom is -0.382 e. The smallest absolute Gasteiger partial charge is 0.234 e. The number of likely N-dealkylation sites (tertiary alicyclic amines) is 1. The van der Waals surface area contributed by atoms with E-state index in [1.807, 2.05) is 28.8 Å². The first-order valence-corrected chi connectivity index (χ1v) is 14.3. The lowest BCUT2D eigenvalue weighted by Crippen LogP contribution is -2.38. The molecular formula is C30H27FN14. The van der Waals surface area contributed by atoms with Crippen molar-refractivity contribution in [3.63, 3.8) is 0 Å². The Kier molecular flexibility index (Phi) is 7.46. The summed E-state index contributed by atoms with van der Waals surface area (Å²) in [6.45, 7) is 1.88. The number of aromatic nitrogens is 10. The van der Waals surface area contributed by atoms with Crippen molar-refractivity contribution in [3.05, 3.63) is 78.6 Å². The van der Waals surface area contributed by atoms with Gasteiger partial charge in [-0.3, -0.25) is 9.47 Å². The number of nitrogens with two attached hydrogens (primary N) is 1. The molecule has 0 saturated carbocycles. The lowest BCUT2D eigenvalue weighted by Gasteiger charge is -2.32. The van der Waals surface area contributed by atoms with Gasteiger partial charge in [0.1, 0.15) is 28.8 Å². The molecule has 0 aliphatic carbocycles. The number of piperidine rings is 1. The van der Waals surface area contributed by atoms with E-state index in [-0.39, 0.29) is 17.7 Å². The molecule has 14 nitrogen and oxygen atoms in total. The van der Waals surface area contributed by atoms with E-state index >= 15 is 0 Å². The quantitative estimate of drug-likeness (QED) is 0.260. The Morgan fingerprint density at radius 2 is 1.76 bits per heavy atom. The van der Waals surface area contributed by atoms with Gasteiger partial charge in [-0.25, -0.2) is 39.0 Å². The van der Waals surface area contributed by atoms with E-state index in [1.54, 1.807) is 24.5 Å². The van der Waals surface area contributed by atoms with Crippen molar-refractivity contribution in [1.29, 1.82) is 5.26 Å². The van der Waals surface area contributed by atoms with Gasteiger partial charge in [-0.1, -0.05) is 17.3 Å². The topological polar surface area (TPSA) is 178 Å². The summed E-state index contributed by atoms with van der Waals surface area (Å²) in [7, 11) is 0. The van der Waals surface area contributed by atoms with Crippen molar-refractivity contribution < 1.29 is 4.39 Å². The zero-order valence-electron chi connectivity index (χ0n) is 24.0. The Morgan fingerprint density at radius 1 is 0.933 bits per heavy atom. The van der Waals surface area contributed by atoms with Gasteiger partial charge in [0.05, 0.1) is 11.9 Å². The van der Waals surface area contributed by atoms with Crippen LogP contribution in [0.3, 0.4) is 0 Å². The molecule has 0 spiro atoms. The van der Waals surface area contributed by atoms with E-state index in [1.165, 1.54) is 18.0 Å². The van der Waals surface area contributed by atoms with Gasteiger partial charge >= 0.3 is 0 Å². The summed E-state index contributed by atoms with van der Waals surface area (Å²) in [4.78, 5) is 28.9. The Labute approximate surface area is 256 Å². The number of imidazole rings is 1. The van der Waals surface area contributed by atoms with Gasteiger partial charge in [-0.15, -0.1) is 5.10 Å². The van der Waals surface area contributed by atoms with E-state index in [9.17, 15) is 4.39 Å². The molecule has 0 amide bonds. The standard InChI is InChI=1S/C30H27FN14/c31-18-44-17-24(41-42-44)22-5-6-23-29(38-22)45(30(39-23)27-28(33)36-12-11-35-27)21-3-1-19(2-4-21)16-43-13-8-20(9-14-43)37-25-7-10-34-26(15-32)40-25/h1-7,10-12,17,20H,8-9,13-14,16,18H2,(H2,33,36)(H,34,37,40). The van der Waals surface area contributed by atoms with Crippen LogP contribution in [0.15, 0.2) is 67.3 Å². The highest BCUT2D eigenvalue weighted by Gasteiger charge is 2.22. The summed E-state index contributed by atoms with van der Waals surface area (Å²) in [5, 5.41) is 20.3. The molecule has 1 fully saturated rings. The summed E-state index contributed by atoms with van der Waals surface area (Å²) in [5.41, 5.74) is 10.8. The van der Waals surface area contributed by atoms with Crippen LogP contribution in [0.4, 0.5) is 16.0 Å². The van der Waals surface area contributed by atoms with Crippen LogP contribution < -0.4 is 11.1 Å². The zero-order valence-corrected chi connectivity index (χ0v) is 24.0. The van der Waals surface area contributed by atoms with E-state index in [2.05, 4.69) is 52.6 Å². The lowest BCUT2D eigenvalue weighted by atomic mass is 10.0. The molecular weight excluding hydrogens is 575 g/mol. The second kappa shape index (κ2) is 12.0. The van der Waals surface area contributed by atoms with Crippen molar-refractivity contribution in [2.45, 2.75) is 32.2 Å². The van der Waals surface area contributed by atoms with Crippen LogP contribution in [0, 0.1) is 11.3 Å². The van der Waals surface area contributed by atoms with Crippen molar-refractivity contribution in [2.24, 2.45) is 0 Å². The number of halogens is 1. The normalized spacial score (nSPS) is 14.0. The molecule has 0 bridgehead atoms. The highest BCUT2D eigenvalue weighted by atomic mass is 19.1. The van der Waals surface area contributed by atoms with Crippen molar-refractivity contribution in [1.82, 2.24) is 54.4 Å². The third-order valence-electron chi connectivity index (χ3n) is 7.66. The second-order valence-electron chi connectivity index (χ2n) is 10.6. The SMILES string of the molecule is N#Cc1nccc(NC2CCN(Cc3ccc(-n4c(-c5nccnc5N)nc5ccc(-c6cn(CF)nn6)nc54)cc3)CC2)n1. The lowest BCUT2D eigenvalue weighted by molar-refractivity contribution is 0.211. The third kappa shape index (κ3) is 5.74. The van der Waals surface area contributed by atoms with Crippen LogP contribution >= 0.6 is 0 Å². The number of hydrogen-bond donors (Lipinski definition) is 2. The molecule has 0 unspecified atom stereocenters. The van der Waals surface area contributed by atoms with Crippen LogP contribution in [-0.4, -0.2) is 73.5 Å². The first kappa shape index (κ1) is 27.9. The number of pyridine rings is 1. The molecule has 224 valence electrons. The van der Waals surface area contributed by atoms with Crippen LogP contribution in [0.5, 0.6) is 0 Å². The summed E-state index contributed by atoms with van der Waals surface area (Å²) in [6.07, 6.45) is 8.12. The molecule has 0 radical (unpaired) electrons. The number of nitrogens with zero attached hydrogens (tertiary/aromatic N) is 12. The van der Waals surface area contributed by atoms with Crippen molar-refractivity contribution in [3.8, 4) is 34.7 Å².